The first-order valence-corrected chi connectivity index (χ1v) is 7.27. The van der Waals surface area contributed by atoms with Crippen molar-refractivity contribution in [2.75, 3.05) is 26.4 Å². The third-order valence-electron chi connectivity index (χ3n) is 3.41. The fourth-order valence-corrected chi connectivity index (χ4v) is 2.17. The summed E-state index contributed by atoms with van der Waals surface area (Å²) in [4.78, 5) is 0. The predicted molar refractivity (Wildman–Crippen MR) is 83.8 cm³/mol. The lowest BCUT2D eigenvalue weighted by Gasteiger charge is -2.13. The molecule has 3 heteroatoms. The van der Waals surface area contributed by atoms with E-state index in [0.717, 1.165) is 5.75 Å². The Morgan fingerprint density at radius 2 is 1.52 bits per heavy atom. The zero-order chi connectivity index (χ0) is 14.9. The van der Waals surface area contributed by atoms with Crippen LogP contribution in [0.25, 0.3) is 0 Å². The van der Waals surface area contributed by atoms with Gasteiger partial charge in [-0.3, -0.25) is 0 Å². The average molecular weight is 286 g/mol. The van der Waals surface area contributed by atoms with Gasteiger partial charge in [0.05, 0.1) is 19.8 Å². The summed E-state index contributed by atoms with van der Waals surface area (Å²) in [6.07, 6.45) is 0. The highest BCUT2D eigenvalue weighted by Crippen LogP contribution is 2.25. The Bertz CT molecular complexity index is 508. The Hall–Kier alpha value is -1.84. The maximum Gasteiger partial charge on any atom is 0.119 e. The second-order valence-corrected chi connectivity index (χ2v) is 4.89. The predicted octanol–water partition coefficient (Wildman–Crippen LogP) is 3.23. The molecule has 0 amide bonds. The van der Waals surface area contributed by atoms with Gasteiger partial charge in [-0.1, -0.05) is 49.4 Å². The molecule has 0 aliphatic rings. The van der Waals surface area contributed by atoms with Gasteiger partial charge in [0, 0.05) is 5.92 Å². The van der Waals surface area contributed by atoms with Gasteiger partial charge in [-0.2, -0.15) is 0 Å². The van der Waals surface area contributed by atoms with E-state index >= 15 is 0 Å². The number of benzene rings is 2. The largest absolute Gasteiger partial charge is 0.491 e. The molecular weight excluding hydrogens is 264 g/mol. The van der Waals surface area contributed by atoms with Crippen molar-refractivity contribution in [1.29, 1.82) is 0 Å². The van der Waals surface area contributed by atoms with Gasteiger partial charge in [0.2, 0.25) is 0 Å². The molecule has 0 saturated carbocycles. The molecule has 3 nitrogen and oxygen atoms in total. The number of ether oxygens (including phenoxy) is 2. The SMILES string of the molecule is CC(c1ccccc1)c1ccc(OCCOCCO)cc1. The molecule has 2 aromatic rings. The standard InChI is InChI=1S/C18H22O3/c1-15(16-5-3-2-4-6-16)17-7-9-18(10-8-17)21-14-13-20-12-11-19/h2-10,15,19H,11-14H2,1H3. The summed E-state index contributed by atoms with van der Waals surface area (Å²) in [5.74, 6) is 1.21. The minimum atomic E-state index is 0.0477. The maximum absolute atomic E-state index is 8.59. The Morgan fingerprint density at radius 1 is 0.857 bits per heavy atom. The fraction of sp³-hybridized carbons (Fsp3) is 0.333. The van der Waals surface area contributed by atoms with Crippen molar-refractivity contribution in [3.8, 4) is 5.75 Å². The molecule has 1 N–H and O–H groups in total. The van der Waals surface area contributed by atoms with Gasteiger partial charge in [-0.15, -0.1) is 0 Å². The third kappa shape index (κ3) is 4.88. The van der Waals surface area contributed by atoms with Crippen LogP contribution < -0.4 is 4.74 Å². The van der Waals surface area contributed by atoms with E-state index in [1.807, 2.05) is 18.2 Å². The molecule has 2 aromatic carbocycles. The van der Waals surface area contributed by atoms with Gasteiger partial charge >= 0.3 is 0 Å². The van der Waals surface area contributed by atoms with Crippen molar-refractivity contribution in [2.24, 2.45) is 0 Å². The first-order chi connectivity index (χ1) is 10.3. The van der Waals surface area contributed by atoms with Crippen LogP contribution in [0.3, 0.4) is 0 Å². The van der Waals surface area contributed by atoms with E-state index in [1.165, 1.54) is 11.1 Å². The van der Waals surface area contributed by atoms with Gasteiger partial charge in [-0.05, 0) is 23.3 Å². The Labute approximate surface area is 126 Å². The quantitative estimate of drug-likeness (QED) is 0.757. The summed E-state index contributed by atoms with van der Waals surface area (Å²) in [5, 5.41) is 8.59. The molecule has 0 aromatic heterocycles. The average Bonchev–Trinajstić information content (AvgIpc) is 2.55. The molecule has 2 rings (SSSR count). The summed E-state index contributed by atoms with van der Waals surface area (Å²) in [6, 6.07) is 18.6. The molecule has 21 heavy (non-hydrogen) atoms. The van der Waals surface area contributed by atoms with Crippen LogP contribution >= 0.6 is 0 Å². The topological polar surface area (TPSA) is 38.7 Å². The summed E-state index contributed by atoms with van der Waals surface area (Å²) in [7, 11) is 0. The zero-order valence-electron chi connectivity index (χ0n) is 12.4. The lowest BCUT2D eigenvalue weighted by molar-refractivity contribution is 0.0705. The molecule has 1 unspecified atom stereocenters. The van der Waals surface area contributed by atoms with Crippen molar-refractivity contribution in [3.63, 3.8) is 0 Å². The Balaban J connectivity index is 1.87. The first kappa shape index (κ1) is 15.5. The van der Waals surface area contributed by atoms with Crippen molar-refractivity contribution < 1.29 is 14.6 Å². The number of aliphatic hydroxyl groups excluding tert-OH is 1. The summed E-state index contributed by atoms with van der Waals surface area (Å²) in [5.41, 5.74) is 2.58. The zero-order valence-corrected chi connectivity index (χ0v) is 12.4. The van der Waals surface area contributed by atoms with Crippen LogP contribution in [-0.4, -0.2) is 31.5 Å². The molecule has 1 atom stereocenters. The van der Waals surface area contributed by atoms with Crippen LogP contribution in [0.1, 0.15) is 24.0 Å². The molecule has 0 fully saturated rings. The second-order valence-electron chi connectivity index (χ2n) is 4.89. The summed E-state index contributed by atoms with van der Waals surface area (Å²) >= 11 is 0. The number of hydrogen-bond acceptors (Lipinski definition) is 3. The van der Waals surface area contributed by atoms with Crippen LogP contribution in [0.5, 0.6) is 5.75 Å². The van der Waals surface area contributed by atoms with E-state index < -0.39 is 0 Å². The fourth-order valence-electron chi connectivity index (χ4n) is 2.17. The minimum Gasteiger partial charge on any atom is -0.491 e. The smallest absolute Gasteiger partial charge is 0.119 e. The van der Waals surface area contributed by atoms with E-state index in [-0.39, 0.29) is 6.61 Å². The van der Waals surface area contributed by atoms with Crippen molar-refractivity contribution in [3.05, 3.63) is 65.7 Å². The lowest BCUT2D eigenvalue weighted by Crippen LogP contribution is -2.09. The highest BCUT2D eigenvalue weighted by molar-refractivity contribution is 5.35. The van der Waals surface area contributed by atoms with Gasteiger partial charge < -0.3 is 14.6 Å². The normalized spacial score (nSPS) is 12.1. The molecule has 0 saturated heterocycles. The van der Waals surface area contributed by atoms with E-state index in [2.05, 4.69) is 43.3 Å². The highest BCUT2D eigenvalue weighted by Gasteiger charge is 2.07. The van der Waals surface area contributed by atoms with E-state index in [9.17, 15) is 0 Å². The minimum absolute atomic E-state index is 0.0477. The third-order valence-corrected chi connectivity index (χ3v) is 3.41. The lowest BCUT2D eigenvalue weighted by atomic mass is 9.93. The van der Waals surface area contributed by atoms with Gasteiger partial charge in [0.15, 0.2) is 0 Å². The van der Waals surface area contributed by atoms with Gasteiger partial charge in [0.25, 0.3) is 0 Å². The van der Waals surface area contributed by atoms with Crippen LogP contribution in [-0.2, 0) is 4.74 Å². The van der Waals surface area contributed by atoms with E-state index in [4.69, 9.17) is 14.6 Å². The molecule has 0 heterocycles. The summed E-state index contributed by atoms with van der Waals surface area (Å²) in [6.45, 7) is 3.59. The number of rotatable bonds is 8. The van der Waals surface area contributed by atoms with Crippen LogP contribution in [0, 0.1) is 0 Å². The molecule has 0 bridgehead atoms. The molecule has 0 aliphatic heterocycles. The number of hydrogen-bond donors (Lipinski definition) is 1. The maximum atomic E-state index is 8.59. The molecule has 0 aliphatic carbocycles. The molecule has 0 spiro atoms. The van der Waals surface area contributed by atoms with Crippen LogP contribution in [0.4, 0.5) is 0 Å². The van der Waals surface area contributed by atoms with E-state index in [0.29, 0.717) is 25.7 Å². The van der Waals surface area contributed by atoms with E-state index in [1.54, 1.807) is 0 Å². The summed E-state index contributed by atoms with van der Waals surface area (Å²) < 4.78 is 10.7. The van der Waals surface area contributed by atoms with Gasteiger partial charge in [-0.25, -0.2) is 0 Å². The molecule has 112 valence electrons. The van der Waals surface area contributed by atoms with Crippen molar-refractivity contribution in [2.45, 2.75) is 12.8 Å². The monoisotopic (exact) mass is 286 g/mol. The van der Waals surface area contributed by atoms with Crippen LogP contribution in [0.2, 0.25) is 0 Å². The highest BCUT2D eigenvalue weighted by atomic mass is 16.5. The Kier molecular flexibility index (Phi) is 6.25. The Morgan fingerprint density at radius 3 is 2.19 bits per heavy atom. The van der Waals surface area contributed by atoms with Crippen LogP contribution in [0.15, 0.2) is 54.6 Å². The molecular formula is C18H22O3. The van der Waals surface area contributed by atoms with Crippen molar-refractivity contribution in [1.82, 2.24) is 0 Å². The first-order valence-electron chi connectivity index (χ1n) is 7.27. The van der Waals surface area contributed by atoms with Gasteiger partial charge in [0.1, 0.15) is 12.4 Å². The molecule has 0 radical (unpaired) electrons. The second kappa shape index (κ2) is 8.45. The van der Waals surface area contributed by atoms with Crippen molar-refractivity contribution >= 4 is 0 Å². The number of aliphatic hydroxyl groups is 1.